The molecule has 0 fully saturated rings. The lowest BCUT2D eigenvalue weighted by Gasteiger charge is -2.11. The van der Waals surface area contributed by atoms with Crippen LogP contribution in [0.15, 0.2) is 131 Å². The average Bonchev–Trinajstić information content (AvgIpc) is 2.91. The quantitative estimate of drug-likeness (QED) is 0.249. The summed E-state index contributed by atoms with van der Waals surface area (Å²) in [5, 5.41) is 5.27. The number of fused-ring (bicyclic) bond motifs is 2. The second-order valence-electron chi connectivity index (χ2n) is 9.10. The molecule has 0 aliphatic heterocycles. The van der Waals surface area contributed by atoms with Gasteiger partial charge in [-0.2, -0.15) is 0 Å². The van der Waals surface area contributed by atoms with E-state index in [0.717, 1.165) is 0 Å². The Kier molecular flexibility index (Phi) is 5.64. The lowest BCUT2D eigenvalue weighted by atomic mass is 9.96. The first kappa shape index (κ1) is 21.7. The maximum absolute atomic E-state index is 2.24. The molecule has 0 atom stereocenters. The molecule has 35 heavy (non-hydrogen) atoms. The molecule has 0 saturated carbocycles. The topological polar surface area (TPSA) is 0 Å². The first-order valence-electron chi connectivity index (χ1n) is 12.0. The third kappa shape index (κ3) is 4.13. The predicted molar refractivity (Wildman–Crippen MR) is 152 cm³/mol. The van der Waals surface area contributed by atoms with Gasteiger partial charge in [-0.25, -0.2) is 0 Å². The van der Waals surface area contributed by atoms with E-state index in [-0.39, 0.29) is 0 Å². The van der Waals surface area contributed by atoms with E-state index >= 15 is 0 Å². The van der Waals surface area contributed by atoms with Gasteiger partial charge >= 0.3 is 0 Å². The van der Waals surface area contributed by atoms with Crippen LogP contribution in [0.3, 0.4) is 0 Å². The van der Waals surface area contributed by atoms with Crippen LogP contribution in [0.5, 0.6) is 0 Å². The number of aryl methyl sites for hydroxylation is 2. The second-order valence-corrected chi connectivity index (χ2v) is 10.2. The Morgan fingerprint density at radius 3 is 1.14 bits per heavy atom. The van der Waals surface area contributed by atoms with Gasteiger partial charge < -0.3 is 0 Å². The Morgan fingerprint density at radius 1 is 0.371 bits per heavy atom. The van der Waals surface area contributed by atoms with E-state index in [4.69, 9.17) is 0 Å². The standard InChI is InChI=1S/C34H26S/c1-23-11-21-31(33-9-5-3-7-29(23)33)25-13-17-27(18-14-25)35-28-19-15-26(16-20-28)32-22-12-24(2)30-8-4-6-10-34(30)32/h3-22H,1-2H3. The summed E-state index contributed by atoms with van der Waals surface area (Å²) in [5.41, 5.74) is 7.73. The largest absolute Gasteiger partial charge is 0.0901 e. The van der Waals surface area contributed by atoms with Crippen LogP contribution < -0.4 is 0 Å². The van der Waals surface area contributed by atoms with Crippen molar-refractivity contribution in [2.75, 3.05) is 0 Å². The average molecular weight is 467 g/mol. The Hall–Kier alpha value is -3.81. The van der Waals surface area contributed by atoms with Gasteiger partial charge in [0.1, 0.15) is 0 Å². The maximum atomic E-state index is 2.24. The van der Waals surface area contributed by atoms with Gasteiger partial charge in [-0.15, -0.1) is 0 Å². The third-order valence-electron chi connectivity index (χ3n) is 6.85. The highest BCUT2D eigenvalue weighted by Crippen LogP contribution is 2.35. The van der Waals surface area contributed by atoms with Crippen molar-refractivity contribution in [1.29, 1.82) is 0 Å². The molecular formula is C34H26S. The number of rotatable bonds is 4. The van der Waals surface area contributed by atoms with E-state index in [1.807, 2.05) is 11.8 Å². The van der Waals surface area contributed by atoms with Crippen molar-refractivity contribution in [3.05, 3.63) is 132 Å². The van der Waals surface area contributed by atoms with E-state index in [1.165, 1.54) is 64.7 Å². The molecule has 0 radical (unpaired) electrons. The number of benzene rings is 6. The molecular weight excluding hydrogens is 440 g/mol. The minimum absolute atomic E-state index is 1.25. The molecule has 6 aromatic carbocycles. The fraction of sp³-hybridized carbons (Fsp3) is 0.0588. The van der Waals surface area contributed by atoms with Gasteiger partial charge in [-0.1, -0.05) is 109 Å². The summed E-state index contributed by atoms with van der Waals surface area (Å²) in [4.78, 5) is 2.50. The fourth-order valence-corrected chi connectivity index (χ4v) is 5.76. The highest BCUT2D eigenvalue weighted by molar-refractivity contribution is 7.99. The smallest absolute Gasteiger partial charge is 0.0122 e. The van der Waals surface area contributed by atoms with Gasteiger partial charge in [0.2, 0.25) is 0 Å². The van der Waals surface area contributed by atoms with E-state index in [9.17, 15) is 0 Å². The van der Waals surface area contributed by atoms with E-state index in [1.54, 1.807) is 0 Å². The third-order valence-corrected chi connectivity index (χ3v) is 7.87. The van der Waals surface area contributed by atoms with Gasteiger partial charge in [-0.3, -0.25) is 0 Å². The maximum Gasteiger partial charge on any atom is 0.0122 e. The van der Waals surface area contributed by atoms with Gasteiger partial charge in [-0.05, 0) is 93.0 Å². The van der Waals surface area contributed by atoms with Crippen LogP contribution in [0.25, 0.3) is 43.8 Å². The summed E-state index contributed by atoms with van der Waals surface area (Å²) in [7, 11) is 0. The zero-order valence-electron chi connectivity index (χ0n) is 20.0. The van der Waals surface area contributed by atoms with Crippen LogP contribution in [0.1, 0.15) is 11.1 Å². The molecule has 0 unspecified atom stereocenters. The van der Waals surface area contributed by atoms with Crippen molar-refractivity contribution in [3.63, 3.8) is 0 Å². The van der Waals surface area contributed by atoms with Crippen molar-refractivity contribution in [2.45, 2.75) is 23.6 Å². The van der Waals surface area contributed by atoms with Gasteiger partial charge in [0.25, 0.3) is 0 Å². The molecule has 0 N–H and O–H groups in total. The number of hydrogen-bond donors (Lipinski definition) is 0. The highest BCUT2D eigenvalue weighted by Gasteiger charge is 2.08. The van der Waals surface area contributed by atoms with E-state index in [2.05, 4.69) is 135 Å². The van der Waals surface area contributed by atoms with Crippen LogP contribution >= 0.6 is 11.8 Å². The highest BCUT2D eigenvalue weighted by atomic mass is 32.2. The van der Waals surface area contributed by atoms with Crippen molar-refractivity contribution in [1.82, 2.24) is 0 Å². The van der Waals surface area contributed by atoms with Gasteiger partial charge in [0.05, 0.1) is 0 Å². The van der Waals surface area contributed by atoms with E-state index < -0.39 is 0 Å². The summed E-state index contributed by atoms with van der Waals surface area (Å²) in [6.45, 7) is 4.36. The van der Waals surface area contributed by atoms with Gasteiger partial charge in [0.15, 0.2) is 0 Å². The zero-order valence-corrected chi connectivity index (χ0v) is 20.8. The summed E-state index contributed by atoms with van der Waals surface area (Å²) < 4.78 is 0. The summed E-state index contributed by atoms with van der Waals surface area (Å²) in [6.07, 6.45) is 0. The zero-order chi connectivity index (χ0) is 23.8. The van der Waals surface area contributed by atoms with Crippen LogP contribution in [-0.4, -0.2) is 0 Å². The monoisotopic (exact) mass is 466 g/mol. The van der Waals surface area contributed by atoms with Crippen LogP contribution in [0.4, 0.5) is 0 Å². The lowest BCUT2D eigenvalue weighted by Crippen LogP contribution is -1.85. The summed E-state index contributed by atoms with van der Waals surface area (Å²) >= 11 is 1.81. The molecule has 6 aromatic rings. The van der Waals surface area contributed by atoms with Crippen LogP contribution in [0, 0.1) is 13.8 Å². The van der Waals surface area contributed by atoms with Crippen LogP contribution in [0.2, 0.25) is 0 Å². The normalized spacial score (nSPS) is 11.3. The molecule has 0 aromatic heterocycles. The molecule has 0 aliphatic carbocycles. The second kappa shape index (κ2) is 9.09. The first-order valence-corrected chi connectivity index (χ1v) is 12.8. The first-order chi connectivity index (χ1) is 17.2. The fourth-order valence-electron chi connectivity index (χ4n) is 4.94. The Balaban J connectivity index is 1.25. The Bertz CT molecular complexity index is 1530. The molecule has 1 heteroatoms. The molecule has 0 amide bonds. The van der Waals surface area contributed by atoms with Gasteiger partial charge in [0, 0.05) is 9.79 Å². The summed E-state index contributed by atoms with van der Waals surface area (Å²) in [5.74, 6) is 0. The molecule has 0 aliphatic rings. The Morgan fingerprint density at radius 2 is 0.743 bits per heavy atom. The predicted octanol–water partition coefficient (Wildman–Crippen LogP) is 10.1. The SMILES string of the molecule is Cc1ccc(-c2ccc(Sc3ccc(-c4ccc(C)c5ccccc45)cc3)cc2)c2ccccc12. The minimum Gasteiger partial charge on any atom is -0.0901 e. The minimum atomic E-state index is 1.25. The molecule has 0 heterocycles. The molecule has 0 saturated heterocycles. The van der Waals surface area contributed by atoms with Crippen molar-refractivity contribution >= 4 is 33.3 Å². The van der Waals surface area contributed by atoms with Crippen molar-refractivity contribution in [3.8, 4) is 22.3 Å². The molecule has 0 spiro atoms. The molecule has 0 bridgehead atoms. The Labute approximate surface area is 211 Å². The van der Waals surface area contributed by atoms with E-state index in [0.29, 0.717) is 0 Å². The molecule has 168 valence electrons. The lowest BCUT2D eigenvalue weighted by molar-refractivity contribution is 1.40. The van der Waals surface area contributed by atoms with Crippen molar-refractivity contribution in [2.24, 2.45) is 0 Å². The summed E-state index contributed by atoms with van der Waals surface area (Å²) in [6, 6.07) is 44.2. The molecule has 6 rings (SSSR count). The van der Waals surface area contributed by atoms with Crippen molar-refractivity contribution < 1.29 is 0 Å². The molecule has 0 nitrogen and oxygen atoms in total. The number of hydrogen-bond acceptors (Lipinski definition) is 1. The van der Waals surface area contributed by atoms with Crippen LogP contribution in [-0.2, 0) is 0 Å².